The highest BCUT2D eigenvalue weighted by Crippen LogP contribution is 2.66. The molecule has 0 spiro atoms. The molecule has 0 bridgehead atoms. The summed E-state index contributed by atoms with van der Waals surface area (Å²) in [5.74, 6) is 4.91. The molecule has 9 atom stereocenters. The van der Waals surface area contributed by atoms with Crippen molar-refractivity contribution in [3.63, 3.8) is 0 Å². The van der Waals surface area contributed by atoms with Crippen LogP contribution in [0.1, 0.15) is 90.2 Å². The normalized spacial score (nSPS) is 47.6. The lowest BCUT2D eigenvalue weighted by molar-refractivity contribution is -0.102. The van der Waals surface area contributed by atoms with Crippen molar-refractivity contribution >= 4 is 0 Å². The average Bonchev–Trinajstić information content (AvgIpc) is 3.30. The second-order valence-electron chi connectivity index (χ2n) is 11.5. The van der Waals surface area contributed by atoms with Gasteiger partial charge in [0.2, 0.25) is 0 Å². The molecule has 0 amide bonds. The number of hydrogen-bond acceptors (Lipinski definition) is 3. The van der Waals surface area contributed by atoms with Gasteiger partial charge in [0.25, 0.3) is 0 Å². The van der Waals surface area contributed by atoms with Gasteiger partial charge >= 0.3 is 0 Å². The summed E-state index contributed by atoms with van der Waals surface area (Å²) in [6.07, 6.45) is 15.0. The quantitative estimate of drug-likeness (QED) is 0.735. The maximum absolute atomic E-state index is 10.6. The molecule has 0 saturated heterocycles. The minimum absolute atomic E-state index is 0.366. The van der Waals surface area contributed by atoms with E-state index in [4.69, 9.17) is 0 Å². The fraction of sp³-hybridized carbons (Fsp3) is 0.840. The van der Waals surface area contributed by atoms with Crippen LogP contribution in [-0.4, -0.2) is 20.5 Å². The summed E-state index contributed by atoms with van der Waals surface area (Å²) in [6.45, 7) is 6.95. The van der Waals surface area contributed by atoms with Crippen molar-refractivity contribution in [3.8, 4) is 6.07 Å². The number of aromatic nitrogens is 2. The van der Waals surface area contributed by atoms with E-state index >= 15 is 0 Å². The highest BCUT2D eigenvalue weighted by Gasteiger charge is 2.58. The van der Waals surface area contributed by atoms with Gasteiger partial charge in [-0.05, 0) is 113 Å². The number of hydrogen-bond donors (Lipinski definition) is 1. The van der Waals surface area contributed by atoms with E-state index in [1.165, 1.54) is 44.9 Å². The van der Waals surface area contributed by atoms with Gasteiger partial charge in [0, 0.05) is 6.20 Å². The molecule has 0 unspecified atom stereocenters. The van der Waals surface area contributed by atoms with Crippen LogP contribution in [0, 0.1) is 52.3 Å². The van der Waals surface area contributed by atoms with Crippen LogP contribution in [0.4, 0.5) is 0 Å². The van der Waals surface area contributed by atoms with Crippen molar-refractivity contribution in [2.24, 2.45) is 40.9 Å². The van der Waals surface area contributed by atoms with Crippen LogP contribution in [0.15, 0.2) is 12.4 Å². The summed E-state index contributed by atoms with van der Waals surface area (Å²) in [4.78, 5) is 0. The SMILES string of the molecule is C[C@@H]([C@H]1CC[C@H]2[C@@H]3CC[C@@H]4C[C@](C)(O)CC[C@@H]4[C@H]3CC[C@]12C)n1cc(C#N)cn1. The Kier molecular flexibility index (Phi) is 4.63. The Bertz CT molecular complexity index is 807. The smallest absolute Gasteiger partial charge is 0.102 e. The van der Waals surface area contributed by atoms with Crippen LogP contribution in [0.5, 0.6) is 0 Å². The standard InChI is InChI=1S/C25H37N3O/c1-16(28-15-17(13-26)14-27-28)22-6-7-23-21-5-4-18-12-24(2,29)10-8-19(18)20(21)9-11-25(22,23)3/h14-16,18-23,29H,4-12H2,1-3H3/t16-,18+,19-,20+,21+,22+,23-,24+,25+/m0/s1. The van der Waals surface area contributed by atoms with Gasteiger partial charge in [-0.2, -0.15) is 10.4 Å². The molecule has 0 radical (unpaired) electrons. The van der Waals surface area contributed by atoms with E-state index in [2.05, 4.69) is 36.6 Å². The zero-order valence-electron chi connectivity index (χ0n) is 18.3. The Morgan fingerprint density at radius 2 is 1.90 bits per heavy atom. The van der Waals surface area contributed by atoms with Crippen molar-refractivity contribution in [3.05, 3.63) is 18.0 Å². The second-order valence-corrected chi connectivity index (χ2v) is 11.5. The molecule has 4 aliphatic rings. The molecule has 4 saturated carbocycles. The largest absolute Gasteiger partial charge is 0.390 e. The Morgan fingerprint density at radius 3 is 2.66 bits per heavy atom. The molecule has 1 aromatic rings. The van der Waals surface area contributed by atoms with E-state index in [0.717, 1.165) is 42.4 Å². The molecule has 4 aliphatic carbocycles. The second kappa shape index (κ2) is 6.84. The number of nitrogens with zero attached hydrogens (tertiary/aromatic N) is 3. The van der Waals surface area contributed by atoms with Crippen molar-refractivity contribution < 1.29 is 5.11 Å². The fourth-order valence-electron chi connectivity index (χ4n) is 8.72. The topological polar surface area (TPSA) is 61.8 Å². The number of nitriles is 1. The Labute approximate surface area is 175 Å². The summed E-state index contributed by atoms with van der Waals surface area (Å²) in [5, 5.41) is 24.3. The third kappa shape index (κ3) is 3.07. The number of rotatable bonds is 2. The van der Waals surface area contributed by atoms with Gasteiger partial charge in [-0.15, -0.1) is 0 Å². The molecule has 1 heterocycles. The molecule has 5 rings (SSSR count). The van der Waals surface area contributed by atoms with E-state index in [1.54, 1.807) is 6.20 Å². The molecule has 158 valence electrons. The number of aliphatic hydroxyl groups is 1. The first-order valence-corrected chi connectivity index (χ1v) is 12.0. The zero-order valence-corrected chi connectivity index (χ0v) is 18.3. The maximum Gasteiger partial charge on any atom is 0.102 e. The van der Waals surface area contributed by atoms with Gasteiger partial charge in [0.15, 0.2) is 0 Å². The highest BCUT2D eigenvalue weighted by atomic mass is 16.3. The average molecular weight is 396 g/mol. The minimum Gasteiger partial charge on any atom is -0.390 e. The van der Waals surface area contributed by atoms with Gasteiger partial charge in [-0.25, -0.2) is 0 Å². The van der Waals surface area contributed by atoms with Crippen molar-refractivity contribution in [2.45, 2.75) is 90.2 Å². The first kappa shape index (κ1) is 19.6. The lowest BCUT2D eigenvalue weighted by Gasteiger charge is -2.57. The molecule has 4 nitrogen and oxygen atoms in total. The number of fused-ring (bicyclic) bond motifs is 5. The van der Waals surface area contributed by atoms with E-state index < -0.39 is 5.60 Å². The summed E-state index contributed by atoms with van der Waals surface area (Å²) < 4.78 is 2.06. The van der Waals surface area contributed by atoms with Crippen LogP contribution in [0.25, 0.3) is 0 Å². The first-order valence-electron chi connectivity index (χ1n) is 12.0. The third-order valence-corrected chi connectivity index (χ3v) is 10.0. The molecule has 0 aliphatic heterocycles. The monoisotopic (exact) mass is 395 g/mol. The molecular weight excluding hydrogens is 358 g/mol. The molecule has 1 N–H and O–H groups in total. The van der Waals surface area contributed by atoms with Gasteiger partial charge < -0.3 is 5.11 Å². The van der Waals surface area contributed by atoms with Crippen molar-refractivity contribution in [1.82, 2.24) is 9.78 Å². The van der Waals surface area contributed by atoms with Crippen LogP contribution >= 0.6 is 0 Å². The summed E-state index contributed by atoms with van der Waals surface area (Å²) >= 11 is 0. The van der Waals surface area contributed by atoms with Crippen molar-refractivity contribution in [1.29, 1.82) is 5.26 Å². The molecule has 0 aromatic carbocycles. The summed E-state index contributed by atoms with van der Waals surface area (Å²) in [7, 11) is 0. The van der Waals surface area contributed by atoms with Crippen LogP contribution in [0.2, 0.25) is 0 Å². The Balaban J connectivity index is 1.35. The summed E-state index contributed by atoms with van der Waals surface area (Å²) in [6, 6.07) is 2.59. The van der Waals surface area contributed by atoms with Crippen LogP contribution < -0.4 is 0 Å². The van der Waals surface area contributed by atoms with E-state index in [-0.39, 0.29) is 0 Å². The van der Waals surface area contributed by atoms with Gasteiger partial charge in [-0.1, -0.05) is 6.92 Å². The molecule has 4 fully saturated rings. The van der Waals surface area contributed by atoms with Gasteiger partial charge in [-0.3, -0.25) is 4.68 Å². The van der Waals surface area contributed by atoms with E-state index in [1.807, 2.05) is 6.20 Å². The summed E-state index contributed by atoms with van der Waals surface area (Å²) in [5.41, 5.74) is 0.662. The van der Waals surface area contributed by atoms with Gasteiger partial charge in [0.1, 0.15) is 6.07 Å². The van der Waals surface area contributed by atoms with Crippen LogP contribution in [-0.2, 0) is 0 Å². The molecular formula is C25H37N3O. The predicted molar refractivity (Wildman–Crippen MR) is 113 cm³/mol. The minimum atomic E-state index is -0.420. The molecule has 29 heavy (non-hydrogen) atoms. The maximum atomic E-state index is 10.6. The zero-order chi connectivity index (χ0) is 20.4. The van der Waals surface area contributed by atoms with Crippen LogP contribution in [0.3, 0.4) is 0 Å². The van der Waals surface area contributed by atoms with E-state index in [0.29, 0.717) is 22.9 Å². The fourth-order valence-corrected chi connectivity index (χ4v) is 8.72. The highest BCUT2D eigenvalue weighted by molar-refractivity contribution is 5.22. The Hall–Kier alpha value is -1.34. The Morgan fingerprint density at radius 1 is 1.10 bits per heavy atom. The van der Waals surface area contributed by atoms with Crippen molar-refractivity contribution in [2.75, 3.05) is 0 Å². The first-order chi connectivity index (χ1) is 13.8. The molecule has 4 heteroatoms. The molecule has 1 aromatic heterocycles. The lowest BCUT2D eigenvalue weighted by Crippen LogP contribution is -2.50. The lowest BCUT2D eigenvalue weighted by atomic mass is 9.49. The predicted octanol–water partition coefficient (Wildman–Crippen LogP) is 5.34. The van der Waals surface area contributed by atoms with Gasteiger partial charge in [0.05, 0.1) is 23.4 Å². The third-order valence-electron chi connectivity index (χ3n) is 10.0. The van der Waals surface area contributed by atoms with E-state index in [9.17, 15) is 10.4 Å².